The summed E-state index contributed by atoms with van der Waals surface area (Å²) in [5.41, 5.74) is 0.844. The highest BCUT2D eigenvalue weighted by molar-refractivity contribution is 6.31. The highest BCUT2D eigenvalue weighted by Crippen LogP contribution is 2.31. The molecular formula is C12H17ClN2O2. The first-order valence-corrected chi connectivity index (χ1v) is 6.15. The minimum absolute atomic E-state index is 0.0752. The number of aromatic nitrogens is 1. The van der Waals surface area contributed by atoms with E-state index in [0.29, 0.717) is 11.8 Å². The number of nitrogens with zero attached hydrogens (tertiary/aromatic N) is 1. The van der Waals surface area contributed by atoms with E-state index in [1.807, 2.05) is 19.1 Å². The lowest BCUT2D eigenvalue weighted by Gasteiger charge is -2.43. The summed E-state index contributed by atoms with van der Waals surface area (Å²) in [4.78, 5) is 4.03. The predicted molar refractivity (Wildman–Crippen MR) is 67.5 cm³/mol. The quantitative estimate of drug-likeness (QED) is 0.822. The number of anilines is 1. The van der Waals surface area contributed by atoms with E-state index in [9.17, 15) is 0 Å². The van der Waals surface area contributed by atoms with Crippen LogP contribution in [0.4, 0.5) is 5.69 Å². The van der Waals surface area contributed by atoms with Gasteiger partial charge in [0.05, 0.1) is 17.8 Å². The Hall–Kier alpha value is -0.840. The molecule has 5 heteroatoms. The van der Waals surface area contributed by atoms with Crippen molar-refractivity contribution in [3.8, 4) is 0 Å². The van der Waals surface area contributed by atoms with E-state index in [1.165, 1.54) is 0 Å². The van der Waals surface area contributed by atoms with Crippen molar-refractivity contribution in [1.29, 1.82) is 0 Å². The van der Waals surface area contributed by atoms with E-state index in [4.69, 9.17) is 21.1 Å². The fraction of sp³-hybridized carbons (Fsp3) is 0.583. The lowest BCUT2D eigenvalue weighted by molar-refractivity contribution is -0.118. The van der Waals surface area contributed by atoms with E-state index >= 15 is 0 Å². The zero-order valence-electron chi connectivity index (χ0n) is 10.0. The first-order chi connectivity index (χ1) is 8.26. The molecule has 1 aromatic heterocycles. The first kappa shape index (κ1) is 12.6. The Labute approximate surface area is 106 Å². The van der Waals surface area contributed by atoms with Crippen molar-refractivity contribution in [3.05, 3.63) is 23.5 Å². The second-order valence-electron chi connectivity index (χ2n) is 4.02. The predicted octanol–water partition coefficient (Wildman–Crippen LogP) is 2.34. The number of rotatable bonds is 5. The molecule has 0 bridgehead atoms. The van der Waals surface area contributed by atoms with Crippen LogP contribution in [0.5, 0.6) is 0 Å². The third-order valence-corrected chi connectivity index (χ3v) is 3.30. The van der Waals surface area contributed by atoms with E-state index in [0.717, 1.165) is 12.1 Å². The van der Waals surface area contributed by atoms with E-state index in [1.54, 1.807) is 13.3 Å². The van der Waals surface area contributed by atoms with Crippen LogP contribution in [0.15, 0.2) is 18.3 Å². The van der Waals surface area contributed by atoms with Gasteiger partial charge in [0.2, 0.25) is 0 Å². The molecule has 0 aliphatic heterocycles. The second kappa shape index (κ2) is 5.67. The summed E-state index contributed by atoms with van der Waals surface area (Å²) in [6, 6.07) is 4.00. The molecule has 3 unspecified atom stereocenters. The van der Waals surface area contributed by atoms with Gasteiger partial charge in [-0.15, -0.1) is 0 Å². The molecule has 17 heavy (non-hydrogen) atoms. The van der Waals surface area contributed by atoms with Gasteiger partial charge < -0.3 is 14.8 Å². The Kier molecular flexibility index (Phi) is 4.20. The topological polar surface area (TPSA) is 43.4 Å². The van der Waals surface area contributed by atoms with E-state index in [-0.39, 0.29) is 18.2 Å². The molecular weight excluding hydrogens is 240 g/mol. The van der Waals surface area contributed by atoms with Crippen molar-refractivity contribution in [2.75, 3.05) is 19.0 Å². The van der Waals surface area contributed by atoms with Gasteiger partial charge in [-0.3, -0.25) is 0 Å². The van der Waals surface area contributed by atoms with Crippen molar-refractivity contribution in [2.45, 2.75) is 31.6 Å². The normalized spacial score (nSPS) is 27.6. The van der Waals surface area contributed by atoms with E-state index in [2.05, 4.69) is 10.3 Å². The summed E-state index contributed by atoms with van der Waals surface area (Å²) in [5.74, 6) is 0. The Morgan fingerprint density at radius 3 is 3.06 bits per heavy atom. The third-order valence-electron chi connectivity index (χ3n) is 3.00. The molecule has 4 nitrogen and oxygen atoms in total. The van der Waals surface area contributed by atoms with Crippen molar-refractivity contribution in [1.82, 2.24) is 4.98 Å². The third kappa shape index (κ3) is 2.70. The minimum Gasteiger partial charge on any atom is -0.377 e. The molecule has 0 radical (unpaired) electrons. The fourth-order valence-corrected chi connectivity index (χ4v) is 2.28. The Balaban J connectivity index is 1.95. The molecule has 0 amide bonds. The molecule has 0 saturated heterocycles. The lowest BCUT2D eigenvalue weighted by atomic mass is 9.85. The summed E-state index contributed by atoms with van der Waals surface area (Å²) < 4.78 is 11.0. The number of halogens is 1. The summed E-state index contributed by atoms with van der Waals surface area (Å²) in [7, 11) is 1.70. The number of methoxy groups -OCH3 is 1. The van der Waals surface area contributed by atoms with Crippen LogP contribution < -0.4 is 5.32 Å². The second-order valence-corrected chi connectivity index (χ2v) is 4.38. The van der Waals surface area contributed by atoms with Crippen molar-refractivity contribution < 1.29 is 9.47 Å². The fourth-order valence-electron chi connectivity index (χ4n) is 2.11. The molecule has 1 aromatic rings. The Morgan fingerprint density at radius 1 is 1.59 bits per heavy atom. The average molecular weight is 257 g/mol. The molecule has 94 valence electrons. The summed E-state index contributed by atoms with van der Waals surface area (Å²) in [5, 5.41) is 3.82. The SMILES string of the molecule is CCOC1CC(Nc2cccnc2Cl)C1OC. The molecule has 1 fully saturated rings. The van der Waals surface area contributed by atoms with Crippen LogP contribution >= 0.6 is 11.6 Å². The van der Waals surface area contributed by atoms with Gasteiger partial charge >= 0.3 is 0 Å². The minimum atomic E-state index is 0.0752. The smallest absolute Gasteiger partial charge is 0.152 e. The standard InChI is InChI=1S/C12H17ClN2O2/c1-3-17-10-7-9(11(10)16-2)15-8-5-4-6-14-12(8)13/h4-6,9-11,15H,3,7H2,1-2H3. The molecule has 1 heterocycles. The van der Waals surface area contributed by atoms with Gasteiger partial charge in [0, 0.05) is 19.9 Å². The van der Waals surface area contributed by atoms with Gasteiger partial charge in [-0.2, -0.15) is 0 Å². The summed E-state index contributed by atoms with van der Waals surface area (Å²) in [6.07, 6.45) is 2.85. The number of ether oxygens (including phenoxy) is 2. The summed E-state index contributed by atoms with van der Waals surface area (Å²) >= 11 is 5.99. The highest BCUT2D eigenvalue weighted by atomic mass is 35.5. The first-order valence-electron chi connectivity index (χ1n) is 5.77. The molecule has 1 N–H and O–H groups in total. The van der Waals surface area contributed by atoms with Crippen LogP contribution in [0, 0.1) is 0 Å². The van der Waals surface area contributed by atoms with Gasteiger partial charge in [0.1, 0.15) is 6.10 Å². The number of pyridine rings is 1. The largest absolute Gasteiger partial charge is 0.377 e. The monoisotopic (exact) mass is 256 g/mol. The van der Waals surface area contributed by atoms with E-state index < -0.39 is 0 Å². The van der Waals surface area contributed by atoms with Crippen LogP contribution in [-0.2, 0) is 9.47 Å². The van der Waals surface area contributed by atoms with Crippen molar-refractivity contribution in [3.63, 3.8) is 0 Å². The highest BCUT2D eigenvalue weighted by Gasteiger charge is 2.42. The maximum absolute atomic E-state index is 5.99. The Morgan fingerprint density at radius 2 is 2.41 bits per heavy atom. The maximum atomic E-state index is 5.99. The van der Waals surface area contributed by atoms with Crippen LogP contribution in [-0.4, -0.2) is 37.0 Å². The van der Waals surface area contributed by atoms with Gasteiger partial charge in [-0.1, -0.05) is 11.6 Å². The average Bonchev–Trinajstić information content (AvgIpc) is 2.30. The maximum Gasteiger partial charge on any atom is 0.152 e. The van der Waals surface area contributed by atoms with Crippen LogP contribution in [0.2, 0.25) is 5.15 Å². The van der Waals surface area contributed by atoms with Crippen molar-refractivity contribution in [2.24, 2.45) is 0 Å². The van der Waals surface area contributed by atoms with Gasteiger partial charge in [0.25, 0.3) is 0 Å². The van der Waals surface area contributed by atoms with Gasteiger partial charge in [-0.25, -0.2) is 4.98 Å². The molecule has 0 aromatic carbocycles. The molecule has 2 rings (SSSR count). The number of hydrogen-bond donors (Lipinski definition) is 1. The van der Waals surface area contributed by atoms with Gasteiger partial charge in [0.15, 0.2) is 5.15 Å². The van der Waals surface area contributed by atoms with Crippen molar-refractivity contribution >= 4 is 17.3 Å². The number of hydrogen-bond acceptors (Lipinski definition) is 4. The molecule has 1 aliphatic rings. The number of nitrogens with one attached hydrogen (secondary N) is 1. The zero-order chi connectivity index (χ0) is 12.3. The summed E-state index contributed by atoms with van der Waals surface area (Å²) in [6.45, 7) is 2.70. The Bertz CT molecular complexity index is 375. The molecule has 1 saturated carbocycles. The zero-order valence-corrected chi connectivity index (χ0v) is 10.8. The molecule has 0 spiro atoms. The van der Waals surface area contributed by atoms with Crippen LogP contribution in [0.25, 0.3) is 0 Å². The van der Waals surface area contributed by atoms with Crippen LogP contribution in [0.3, 0.4) is 0 Å². The lowest BCUT2D eigenvalue weighted by Crippen LogP contribution is -2.56. The van der Waals surface area contributed by atoms with Crippen LogP contribution in [0.1, 0.15) is 13.3 Å². The van der Waals surface area contributed by atoms with Gasteiger partial charge in [-0.05, 0) is 25.5 Å². The molecule has 3 atom stereocenters. The molecule has 1 aliphatic carbocycles.